The lowest BCUT2D eigenvalue weighted by atomic mass is 10.5. The smallest absolute Gasteiger partial charge is 0.299 e. The molecule has 0 atom stereocenters. The van der Waals surface area contributed by atoms with Gasteiger partial charge >= 0.3 is 0 Å². The lowest BCUT2D eigenvalue weighted by Crippen LogP contribution is -2.11. The fourth-order valence-electron chi connectivity index (χ4n) is 0.749. The molecule has 0 aliphatic carbocycles. The standard InChI is InChI=1S/C6H6O3S/c1-2-8-6(7-1)5-3-10-4-9-5/h1-3,6H,4H2. The molecule has 0 unspecified atom stereocenters. The molecular weight excluding hydrogens is 152 g/mol. The van der Waals surface area contributed by atoms with Gasteiger partial charge < -0.3 is 14.2 Å². The molecular formula is C6H6O3S. The van der Waals surface area contributed by atoms with Crippen molar-refractivity contribution < 1.29 is 14.2 Å². The van der Waals surface area contributed by atoms with Crippen molar-refractivity contribution in [3.05, 3.63) is 23.7 Å². The number of ether oxygens (including phenoxy) is 3. The van der Waals surface area contributed by atoms with Gasteiger partial charge in [0.1, 0.15) is 18.5 Å². The molecule has 0 bridgehead atoms. The van der Waals surface area contributed by atoms with Gasteiger partial charge in [-0.15, -0.1) is 0 Å². The van der Waals surface area contributed by atoms with Gasteiger partial charge in [-0.1, -0.05) is 11.8 Å². The molecule has 0 radical (unpaired) electrons. The van der Waals surface area contributed by atoms with Gasteiger partial charge in [-0.3, -0.25) is 0 Å². The van der Waals surface area contributed by atoms with Crippen molar-refractivity contribution in [3.63, 3.8) is 0 Å². The normalized spacial score (nSPS) is 23.4. The largest absolute Gasteiger partial charge is 0.479 e. The summed E-state index contributed by atoms with van der Waals surface area (Å²) in [5, 5.41) is 1.90. The lowest BCUT2D eigenvalue weighted by molar-refractivity contribution is -0.0283. The van der Waals surface area contributed by atoms with E-state index in [0.29, 0.717) is 5.94 Å². The molecule has 2 rings (SSSR count). The average molecular weight is 158 g/mol. The SMILES string of the molecule is C1=COC(C2=CSCO2)O1. The van der Waals surface area contributed by atoms with Crippen molar-refractivity contribution in [3.8, 4) is 0 Å². The summed E-state index contributed by atoms with van der Waals surface area (Å²) in [5.41, 5.74) is 0. The Balaban J connectivity index is 1.99. The molecule has 2 aliphatic heterocycles. The summed E-state index contributed by atoms with van der Waals surface area (Å²) >= 11 is 1.60. The monoisotopic (exact) mass is 158 g/mol. The summed E-state index contributed by atoms with van der Waals surface area (Å²) in [6, 6.07) is 0. The highest BCUT2D eigenvalue weighted by Crippen LogP contribution is 2.25. The van der Waals surface area contributed by atoms with E-state index in [2.05, 4.69) is 0 Å². The molecule has 54 valence electrons. The van der Waals surface area contributed by atoms with Crippen LogP contribution in [0.1, 0.15) is 0 Å². The molecule has 10 heavy (non-hydrogen) atoms. The first kappa shape index (κ1) is 5.97. The first-order valence-corrected chi connectivity index (χ1v) is 3.92. The minimum absolute atomic E-state index is 0.338. The second-order valence-electron chi connectivity index (χ2n) is 1.83. The molecule has 0 aromatic heterocycles. The second-order valence-corrected chi connectivity index (χ2v) is 2.63. The van der Waals surface area contributed by atoms with Crippen molar-refractivity contribution in [1.29, 1.82) is 0 Å². The van der Waals surface area contributed by atoms with Crippen molar-refractivity contribution in [2.24, 2.45) is 0 Å². The second kappa shape index (κ2) is 2.46. The van der Waals surface area contributed by atoms with Crippen molar-refractivity contribution in [1.82, 2.24) is 0 Å². The van der Waals surface area contributed by atoms with E-state index < -0.39 is 0 Å². The van der Waals surface area contributed by atoms with Crippen LogP contribution in [-0.2, 0) is 14.2 Å². The zero-order chi connectivity index (χ0) is 6.81. The van der Waals surface area contributed by atoms with Crippen LogP contribution in [0.15, 0.2) is 23.7 Å². The van der Waals surface area contributed by atoms with Crippen LogP contribution in [-0.4, -0.2) is 12.2 Å². The number of hydrogen-bond donors (Lipinski definition) is 0. The first-order valence-electron chi connectivity index (χ1n) is 2.87. The van der Waals surface area contributed by atoms with Crippen LogP contribution in [0.3, 0.4) is 0 Å². The third-order valence-electron chi connectivity index (χ3n) is 1.19. The van der Waals surface area contributed by atoms with Gasteiger partial charge in [0.05, 0.1) is 0 Å². The summed E-state index contributed by atoms with van der Waals surface area (Å²) in [6.45, 7) is 0. The highest BCUT2D eigenvalue weighted by molar-refractivity contribution is 8.02. The predicted molar refractivity (Wildman–Crippen MR) is 36.7 cm³/mol. The van der Waals surface area contributed by atoms with Gasteiger partial charge in [0, 0.05) is 5.41 Å². The minimum atomic E-state index is -0.338. The molecule has 0 N–H and O–H groups in total. The van der Waals surface area contributed by atoms with Crippen LogP contribution in [0, 0.1) is 0 Å². The first-order chi connectivity index (χ1) is 4.97. The third kappa shape index (κ3) is 0.945. The topological polar surface area (TPSA) is 27.7 Å². The summed E-state index contributed by atoms with van der Waals surface area (Å²) in [4.78, 5) is 0. The van der Waals surface area contributed by atoms with E-state index in [1.165, 1.54) is 12.5 Å². The third-order valence-corrected chi connectivity index (χ3v) is 1.84. The Labute approximate surface area is 62.6 Å². The number of thioether (sulfide) groups is 1. The van der Waals surface area contributed by atoms with Crippen LogP contribution in [0.25, 0.3) is 0 Å². The Morgan fingerprint density at radius 1 is 1.40 bits per heavy atom. The van der Waals surface area contributed by atoms with E-state index in [4.69, 9.17) is 14.2 Å². The Bertz CT molecular complexity index is 179. The van der Waals surface area contributed by atoms with Crippen molar-refractivity contribution in [2.75, 3.05) is 5.94 Å². The van der Waals surface area contributed by atoms with Crippen molar-refractivity contribution >= 4 is 11.8 Å². The fraction of sp³-hybridized carbons (Fsp3) is 0.333. The van der Waals surface area contributed by atoms with E-state index in [0.717, 1.165) is 5.76 Å². The van der Waals surface area contributed by atoms with E-state index in [9.17, 15) is 0 Å². The Morgan fingerprint density at radius 2 is 2.20 bits per heavy atom. The average Bonchev–Trinajstić information content (AvgIpc) is 2.59. The molecule has 3 nitrogen and oxygen atoms in total. The Kier molecular flexibility index (Phi) is 1.47. The van der Waals surface area contributed by atoms with Gasteiger partial charge in [0.15, 0.2) is 5.76 Å². The lowest BCUT2D eigenvalue weighted by Gasteiger charge is -2.09. The van der Waals surface area contributed by atoms with E-state index in [1.807, 2.05) is 5.41 Å². The predicted octanol–water partition coefficient (Wildman–Crippen LogP) is 1.39. The highest BCUT2D eigenvalue weighted by Gasteiger charge is 2.22. The Hall–Kier alpha value is -0.770. The van der Waals surface area contributed by atoms with Crippen LogP contribution in [0.2, 0.25) is 0 Å². The van der Waals surface area contributed by atoms with Gasteiger partial charge in [0.25, 0.3) is 6.29 Å². The van der Waals surface area contributed by atoms with Crippen LogP contribution in [0.5, 0.6) is 0 Å². The Morgan fingerprint density at radius 3 is 2.80 bits per heavy atom. The molecule has 0 saturated heterocycles. The van der Waals surface area contributed by atoms with Gasteiger partial charge in [-0.05, 0) is 0 Å². The highest BCUT2D eigenvalue weighted by atomic mass is 32.2. The number of hydrogen-bond acceptors (Lipinski definition) is 4. The molecule has 0 saturated carbocycles. The number of rotatable bonds is 1. The molecule has 0 aromatic carbocycles. The molecule has 0 fully saturated rings. The summed E-state index contributed by atoms with van der Waals surface area (Å²) in [7, 11) is 0. The van der Waals surface area contributed by atoms with E-state index in [-0.39, 0.29) is 6.29 Å². The fourth-order valence-corrected chi connectivity index (χ4v) is 1.36. The van der Waals surface area contributed by atoms with Crippen LogP contribution < -0.4 is 0 Å². The maximum Gasteiger partial charge on any atom is 0.299 e. The van der Waals surface area contributed by atoms with Gasteiger partial charge in [-0.2, -0.15) is 0 Å². The van der Waals surface area contributed by atoms with E-state index in [1.54, 1.807) is 11.8 Å². The maximum atomic E-state index is 5.17. The summed E-state index contributed by atoms with van der Waals surface area (Å²) < 4.78 is 15.2. The van der Waals surface area contributed by atoms with Crippen LogP contribution in [0.4, 0.5) is 0 Å². The maximum absolute atomic E-state index is 5.17. The quantitative estimate of drug-likeness (QED) is 0.576. The molecule has 2 aliphatic rings. The summed E-state index contributed by atoms with van der Waals surface area (Å²) in [5.74, 6) is 1.42. The molecule has 0 aromatic rings. The van der Waals surface area contributed by atoms with Gasteiger partial charge in [-0.25, -0.2) is 0 Å². The molecule has 0 spiro atoms. The van der Waals surface area contributed by atoms with Crippen LogP contribution >= 0.6 is 11.8 Å². The summed E-state index contributed by atoms with van der Waals surface area (Å²) in [6.07, 6.45) is 2.69. The molecule has 4 heteroatoms. The zero-order valence-corrected chi connectivity index (χ0v) is 5.97. The minimum Gasteiger partial charge on any atom is -0.479 e. The van der Waals surface area contributed by atoms with Gasteiger partial charge in [0.2, 0.25) is 0 Å². The molecule has 0 amide bonds. The van der Waals surface area contributed by atoms with E-state index >= 15 is 0 Å². The zero-order valence-electron chi connectivity index (χ0n) is 5.15. The molecule has 2 heterocycles. The van der Waals surface area contributed by atoms with Crippen molar-refractivity contribution in [2.45, 2.75) is 6.29 Å².